The second-order valence-electron chi connectivity index (χ2n) is 35.5. The van der Waals surface area contributed by atoms with E-state index >= 15 is 4.79 Å². The van der Waals surface area contributed by atoms with Crippen LogP contribution in [0, 0.1) is 11.8 Å². The molecular formula is C70H130O13Si5. The highest BCUT2D eigenvalue weighted by molar-refractivity contribution is 6.76. The molecule has 0 N–H and O–H groups in total. The summed E-state index contributed by atoms with van der Waals surface area (Å²) in [6, 6.07) is 0. The van der Waals surface area contributed by atoms with Crippen LogP contribution < -0.4 is 0 Å². The predicted molar refractivity (Wildman–Crippen MR) is 371 cm³/mol. The Labute approximate surface area is 542 Å². The Morgan fingerprint density at radius 3 is 1.62 bits per heavy atom. The van der Waals surface area contributed by atoms with Crippen molar-refractivity contribution >= 4 is 53.2 Å². The number of allylic oxidation sites excluding steroid dienone is 1. The van der Waals surface area contributed by atoms with Crippen molar-refractivity contribution in [1.29, 1.82) is 0 Å². The molecule has 0 aromatic rings. The highest BCUT2D eigenvalue weighted by Gasteiger charge is 2.59. The van der Waals surface area contributed by atoms with Gasteiger partial charge in [-0.15, -0.1) is 0 Å². The first kappa shape index (κ1) is 76.2. The standard InChI is InChI=1S/C70H130O13Si5/c1-45-38-51-33-36-55-46(2)39-50(75-55)32-30-48(71)31-35-57(81-86(24,25)68(10,11)12)63-65(83-88(28,29)70(16,17)18)64(82-87(26,27)69(13,14)15)62-56(79-63)37-34-52(77-62)40-49(72)41-54-59(43-58(76-51)47(45)3)78-60(61(54)73-19)42-53(80-85(22,23)67(7,8)9)44-74-84(20,21)66(4,5)6/h31,35,45,50-65H,2-3,30,32-34,36-44H2,1,4-29H3/b35-31+/t45-,50?,51+,52?,53?,54?,55?,56+,57?,58?,59+,60-,61-,62+,63?,64?,65?/m1/s1. The van der Waals surface area contributed by atoms with Crippen LogP contribution >= 0.6 is 0 Å². The molecule has 8 aliphatic rings. The Bertz CT molecular complexity index is 2410. The zero-order valence-corrected chi connectivity index (χ0v) is 65.9. The minimum absolute atomic E-state index is 0.0171. The predicted octanol–water partition coefficient (Wildman–Crippen LogP) is 17.2. The minimum Gasteiger partial charge on any atom is -0.414 e. The molecule has 0 radical (unpaired) electrons. The first-order valence-electron chi connectivity index (χ1n) is 34.2. The molecule has 0 aliphatic carbocycles. The molecule has 8 rings (SSSR count). The fraction of sp³-hybridized carbons (Fsp3) is 0.886. The highest BCUT2D eigenvalue weighted by atomic mass is 28.4. The molecule has 0 amide bonds. The van der Waals surface area contributed by atoms with Crippen molar-refractivity contribution in [2.75, 3.05) is 13.7 Å². The molecule has 0 aromatic carbocycles. The molecule has 508 valence electrons. The average molecular weight is 1320 g/mol. The molecule has 88 heavy (non-hydrogen) atoms. The van der Waals surface area contributed by atoms with E-state index in [1.807, 2.05) is 6.08 Å². The Morgan fingerprint density at radius 1 is 0.545 bits per heavy atom. The van der Waals surface area contributed by atoms with Gasteiger partial charge >= 0.3 is 0 Å². The van der Waals surface area contributed by atoms with Gasteiger partial charge in [-0.2, -0.15) is 0 Å². The number of ketones is 2. The molecule has 5 saturated heterocycles. The lowest BCUT2D eigenvalue weighted by Crippen LogP contribution is -2.69. The summed E-state index contributed by atoms with van der Waals surface area (Å²) in [7, 11) is -10.4. The molecule has 18 heteroatoms. The fourth-order valence-electron chi connectivity index (χ4n) is 12.4. The van der Waals surface area contributed by atoms with E-state index in [4.69, 9.17) is 50.6 Å². The van der Waals surface area contributed by atoms with Crippen molar-refractivity contribution in [3.63, 3.8) is 0 Å². The largest absolute Gasteiger partial charge is 0.414 e. The van der Waals surface area contributed by atoms with E-state index in [9.17, 15) is 4.79 Å². The number of hydrogen-bond donors (Lipinski definition) is 0. The van der Waals surface area contributed by atoms with Crippen molar-refractivity contribution in [1.82, 2.24) is 0 Å². The number of rotatable bonds is 14. The normalized spacial score (nSPS) is 34.5. The minimum atomic E-state index is -2.60. The van der Waals surface area contributed by atoms with Gasteiger partial charge in [0, 0.05) is 45.1 Å². The first-order chi connectivity index (χ1) is 40.0. The third kappa shape index (κ3) is 18.6. The number of Topliss-reactive ketones (excluding diaryl/α,β-unsaturated/α-hetero) is 1. The number of fused-ring (bicyclic) bond motifs is 2. The molecular weight excluding hydrogens is 1190 g/mol. The first-order valence-corrected chi connectivity index (χ1v) is 48.8. The van der Waals surface area contributed by atoms with Crippen molar-refractivity contribution in [3.8, 4) is 0 Å². The molecule has 8 aliphatic heterocycles. The molecule has 0 saturated carbocycles. The summed E-state index contributed by atoms with van der Waals surface area (Å²) in [6.45, 7) is 68.9. The van der Waals surface area contributed by atoms with Crippen LogP contribution in [0.5, 0.6) is 0 Å². The Morgan fingerprint density at radius 2 is 1.07 bits per heavy atom. The number of carbonyl (C=O) groups is 2. The third-order valence-electron chi connectivity index (χ3n) is 23.5. The van der Waals surface area contributed by atoms with E-state index in [-0.39, 0.29) is 110 Å². The van der Waals surface area contributed by atoms with Crippen molar-refractivity contribution in [2.24, 2.45) is 11.8 Å². The summed E-state index contributed by atoms with van der Waals surface area (Å²) in [5.74, 6) is 0.0629. The maximum atomic E-state index is 15.4. The summed E-state index contributed by atoms with van der Waals surface area (Å²) in [5, 5.41) is -0.482. The van der Waals surface area contributed by atoms with Crippen LogP contribution in [0.25, 0.3) is 0 Å². The van der Waals surface area contributed by atoms with Gasteiger partial charge in [0.25, 0.3) is 0 Å². The topological polar surface area (TPSA) is 136 Å². The molecule has 8 heterocycles. The van der Waals surface area contributed by atoms with E-state index < -0.39 is 84.3 Å². The lowest BCUT2D eigenvalue weighted by Gasteiger charge is -2.56. The molecule has 10 unspecified atom stereocenters. The SMILES string of the molecule is C=C1CC2CCC(=O)/C=C/C(O[Si](C)(C)C(C)(C)C)C3O[C@H]4CCC(CC(=O)CC5[C@H](CC6O[C@@H](CCC1O2)C[C@@H](C)C6=C)O[C@H](CC(CO[Si](C)(C)C(C)(C)C)O[Si](C)(C)C(C)(C)C)[C@@H]5OC)O[C@@H]4C(O[Si](C)(C)C(C)(C)C)C3O[Si](C)(C)C(C)(C)C. The maximum Gasteiger partial charge on any atom is 0.193 e. The van der Waals surface area contributed by atoms with Gasteiger partial charge in [0.15, 0.2) is 47.4 Å². The fourth-order valence-corrected chi connectivity index (χ4v) is 18.7. The van der Waals surface area contributed by atoms with E-state index in [2.05, 4.69) is 189 Å². The summed E-state index contributed by atoms with van der Waals surface area (Å²) in [4.78, 5) is 29.7. The Kier molecular flexibility index (Phi) is 24.7. The second kappa shape index (κ2) is 28.5. The maximum absolute atomic E-state index is 15.4. The van der Waals surface area contributed by atoms with Crippen LogP contribution in [0.15, 0.2) is 36.5 Å². The van der Waals surface area contributed by atoms with Crippen LogP contribution in [0.3, 0.4) is 0 Å². The zero-order valence-electron chi connectivity index (χ0n) is 60.9. The van der Waals surface area contributed by atoms with Crippen LogP contribution in [-0.4, -0.2) is 158 Å². The Hall–Kier alpha value is -0.796. The monoisotopic (exact) mass is 1320 g/mol. The summed E-state index contributed by atoms with van der Waals surface area (Å²) < 4.78 is 80.3. The van der Waals surface area contributed by atoms with Gasteiger partial charge in [0.2, 0.25) is 0 Å². The summed E-state index contributed by atoms with van der Waals surface area (Å²) in [6.07, 6.45) is 4.93. The van der Waals surface area contributed by atoms with Gasteiger partial charge in [-0.1, -0.05) is 130 Å². The van der Waals surface area contributed by atoms with Gasteiger partial charge in [0.05, 0.1) is 73.8 Å². The third-order valence-corrected chi connectivity index (χ3v) is 46.0. The Balaban J connectivity index is 1.45. The average Bonchev–Trinajstić information content (AvgIpc) is 3.91. The van der Waals surface area contributed by atoms with Crippen molar-refractivity contribution in [2.45, 2.75) is 370 Å². The van der Waals surface area contributed by atoms with Crippen LogP contribution in [-0.2, 0) is 60.1 Å². The smallest absolute Gasteiger partial charge is 0.193 e. The molecule has 13 nitrogen and oxygen atoms in total. The summed E-state index contributed by atoms with van der Waals surface area (Å²) in [5.41, 5.74) is 2.13. The zero-order chi connectivity index (χ0) is 66.5. The van der Waals surface area contributed by atoms with E-state index in [1.54, 1.807) is 13.2 Å². The number of ether oxygens (including phenoxy) is 6. The summed E-state index contributed by atoms with van der Waals surface area (Å²) >= 11 is 0. The van der Waals surface area contributed by atoms with Gasteiger partial charge < -0.3 is 50.6 Å². The second-order valence-corrected chi connectivity index (χ2v) is 59.4. The molecule has 17 atom stereocenters. The molecule has 5 fully saturated rings. The highest BCUT2D eigenvalue weighted by Crippen LogP contribution is 2.50. The van der Waals surface area contributed by atoms with E-state index in [0.717, 1.165) is 36.8 Å². The number of hydrogen-bond acceptors (Lipinski definition) is 13. The lowest BCUT2D eigenvalue weighted by molar-refractivity contribution is -0.266. The van der Waals surface area contributed by atoms with Crippen LogP contribution in [0.1, 0.15) is 188 Å². The van der Waals surface area contributed by atoms with Crippen molar-refractivity contribution < 1.29 is 60.1 Å². The van der Waals surface area contributed by atoms with E-state index in [0.29, 0.717) is 45.1 Å². The van der Waals surface area contributed by atoms with Gasteiger partial charge in [0.1, 0.15) is 30.2 Å². The molecule has 0 aromatic heterocycles. The quantitative estimate of drug-likeness (QED) is 0.121. The molecule has 8 bridgehead atoms. The van der Waals surface area contributed by atoms with Crippen LogP contribution in [0.2, 0.25) is 90.7 Å². The van der Waals surface area contributed by atoms with Gasteiger partial charge in [-0.05, 0) is 159 Å². The van der Waals surface area contributed by atoms with Gasteiger partial charge in [-0.25, -0.2) is 0 Å². The number of carbonyl (C=O) groups excluding carboxylic acids is 2. The lowest BCUT2D eigenvalue weighted by atomic mass is 9.81. The van der Waals surface area contributed by atoms with Crippen LogP contribution in [0.4, 0.5) is 0 Å². The molecule has 0 spiro atoms. The van der Waals surface area contributed by atoms with Gasteiger partial charge in [-0.3, -0.25) is 9.59 Å². The number of methoxy groups -OCH3 is 1. The van der Waals surface area contributed by atoms with Crippen molar-refractivity contribution in [3.05, 3.63) is 36.5 Å². The van der Waals surface area contributed by atoms with E-state index in [1.165, 1.54) is 0 Å².